The molecule has 0 radical (unpaired) electrons. The first-order chi connectivity index (χ1) is 9.08. The molecule has 0 bridgehead atoms. The maximum absolute atomic E-state index is 12.1. The highest BCUT2D eigenvalue weighted by atomic mass is 127. The van der Waals surface area contributed by atoms with E-state index in [0.717, 1.165) is 29.5 Å². The van der Waals surface area contributed by atoms with Crippen molar-refractivity contribution in [3.8, 4) is 0 Å². The lowest BCUT2D eigenvalue weighted by atomic mass is 10.2. The lowest BCUT2D eigenvalue weighted by Crippen LogP contribution is -2.43. The monoisotopic (exact) mass is 390 g/mol. The van der Waals surface area contributed by atoms with Gasteiger partial charge >= 0.3 is 0 Å². The van der Waals surface area contributed by atoms with Gasteiger partial charge in [-0.3, -0.25) is 10.1 Å². The van der Waals surface area contributed by atoms with Crippen LogP contribution in [0.1, 0.15) is 37.0 Å². The number of nitrogens with zero attached hydrogens (tertiary/aromatic N) is 1. The summed E-state index contributed by atoms with van der Waals surface area (Å²) in [5, 5.41) is 3.33. The average molecular weight is 390 g/mol. The lowest BCUT2D eigenvalue weighted by molar-refractivity contribution is 0.0973. The van der Waals surface area contributed by atoms with Gasteiger partial charge in [-0.05, 0) is 65.8 Å². The second-order valence-corrected chi connectivity index (χ2v) is 5.89. The van der Waals surface area contributed by atoms with Gasteiger partial charge in [-0.1, -0.05) is 19.9 Å². The summed E-state index contributed by atoms with van der Waals surface area (Å²) in [6, 6.07) is 7.47. The number of rotatable bonds is 5. The van der Waals surface area contributed by atoms with E-state index in [1.165, 1.54) is 0 Å². The van der Waals surface area contributed by atoms with Crippen LogP contribution in [-0.4, -0.2) is 29.0 Å². The van der Waals surface area contributed by atoms with Gasteiger partial charge in [0, 0.05) is 22.2 Å². The summed E-state index contributed by atoms with van der Waals surface area (Å²) in [6.07, 6.45) is 2.03. The van der Waals surface area contributed by atoms with Gasteiger partial charge in [0.2, 0.25) is 0 Å². The summed E-state index contributed by atoms with van der Waals surface area (Å²) in [5.74, 6) is -0.138. The Balaban J connectivity index is 2.67. The molecule has 1 aromatic rings. The van der Waals surface area contributed by atoms with Crippen LogP contribution in [0.2, 0.25) is 0 Å². The van der Waals surface area contributed by atoms with Crippen molar-refractivity contribution in [1.82, 2.24) is 10.2 Å². The van der Waals surface area contributed by atoms with E-state index in [-0.39, 0.29) is 5.91 Å². The van der Waals surface area contributed by atoms with E-state index in [0.29, 0.717) is 10.7 Å². The van der Waals surface area contributed by atoms with Crippen LogP contribution in [0.15, 0.2) is 24.3 Å². The molecular formula is C14H19IN2OS. The van der Waals surface area contributed by atoms with Crippen molar-refractivity contribution in [3.05, 3.63) is 33.4 Å². The fourth-order valence-electron chi connectivity index (χ4n) is 1.73. The molecule has 0 aliphatic rings. The van der Waals surface area contributed by atoms with Crippen LogP contribution < -0.4 is 5.32 Å². The van der Waals surface area contributed by atoms with Gasteiger partial charge in [0.15, 0.2) is 5.11 Å². The van der Waals surface area contributed by atoms with Crippen LogP contribution >= 0.6 is 34.8 Å². The molecular weight excluding hydrogens is 371 g/mol. The van der Waals surface area contributed by atoms with E-state index < -0.39 is 0 Å². The van der Waals surface area contributed by atoms with Crippen LogP contribution in [-0.2, 0) is 0 Å². The molecule has 0 fully saturated rings. The number of thiocarbonyl (C=S) groups is 1. The Morgan fingerprint density at radius 2 is 1.95 bits per heavy atom. The second kappa shape index (κ2) is 8.47. The Morgan fingerprint density at radius 3 is 2.47 bits per heavy atom. The van der Waals surface area contributed by atoms with Crippen LogP contribution in [0, 0.1) is 3.57 Å². The van der Waals surface area contributed by atoms with Gasteiger partial charge in [-0.25, -0.2) is 0 Å². The molecule has 5 heteroatoms. The maximum Gasteiger partial charge on any atom is 0.257 e. The summed E-state index contributed by atoms with van der Waals surface area (Å²) in [7, 11) is 0. The Kier molecular flexibility index (Phi) is 7.30. The highest BCUT2D eigenvalue weighted by Crippen LogP contribution is 2.08. The summed E-state index contributed by atoms with van der Waals surface area (Å²) in [4.78, 5) is 14.1. The number of hydrogen-bond donors (Lipinski definition) is 1. The molecule has 0 aliphatic heterocycles. The van der Waals surface area contributed by atoms with E-state index >= 15 is 0 Å². The normalized spacial score (nSPS) is 10.1. The van der Waals surface area contributed by atoms with Crippen molar-refractivity contribution in [1.29, 1.82) is 0 Å². The third-order valence-electron chi connectivity index (χ3n) is 2.58. The Labute approximate surface area is 133 Å². The maximum atomic E-state index is 12.1. The highest BCUT2D eigenvalue weighted by Gasteiger charge is 2.12. The van der Waals surface area contributed by atoms with E-state index in [4.69, 9.17) is 12.2 Å². The summed E-state index contributed by atoms with van der Waals surface area (Å²) >= 11 is 7.50. The largest absolute Gasteiger partial charge is 0.349 e. The first-order valence-corrected chi connectivity index (χ1v) is 7.93. The molecule has 0 heterocycles. The summed E-state index contributed by atoms with van der Waals surface area (Å²) in [6.45, 7) is 5.96. The molecule has 1 rings (SSSR count). The average Bonchev–Trinajstić information content (AvgIpc) is 2.38. The van der Waals surface area contributed by atoms with Crippen molar-refractivity contribution in [2.75, 3.05) is 13.1 Å². The molecule has 1 N–H and O–H groups in total. The van der Waals surface area contributed by atoms with Gasteiger partial charge in [-0.15, -0.1) is 0 Å². The van der Waals surface area contributed by atoms with Gasteiger partial charge in [0.1, 0.15) is 0 Å². The van der Waals surface area contributed by atoms with E-state index in [9.17, 15) is 4.79 Å². The fourth-order valence-corrected chi connectivity index (χ4v) is 2.55. The Hall–Kier alpha value is -0.690. The number of carbonyl (C=O) groups excluding carboxylic acids is 1. The molecule has 0 spiro atoms. The number of hydrogen-bond acceptors (Lipinski definition) is 2. The number of amides is 1. The summed E-state index contributed by atoms with van der Waals surface area (Å²) in [5.41, 5.74) is 0.641. The molecule has 19 heavy (non-hydrogen) atoms. The van der Waals surface area contributed by atoms with Crippen molar-refractivity contribution < 1.29 is 4.79 Å². The van der Waals surface area contributed by atoms with Crippen molar-refractivity contribution in [2.45, 2.75) is 26.7 Å². The van der Waals surface area contributed by atoms with E-state index in [1.54, 1.807) is 6.07 Å². The fraction of sp³-hybridized carbons (Fsp3) is 0.429. The van der Waals surface area contributed by atoms with Crippen LogP contribution in [0.5, 0.6) is 0 Å². The van der Waals surface area contributed by atoms with Crippen molar-refractivity contribution >= 4 is 45.8 Å². The zero-order valence-corrected chi connectivity index (χ0v) is 14.3. The van der Waals surface area contributed by atoms with Gasteiger partial charge in [0.05, 0.1) is 0 Å². The zero-order chi connectivity index (χ0) is 14.3. The molecule has 0 aromatic heterocycles. The Morgan fingerprint density at radius 1 is 1.32 bits per heavy atom. The van der Waals surface area contributed by atoms with E-state index in [2.05, 4.69) is 41.8 Å². The molecule has 0 aliphatic carbocycles. The SMILES string of the molecule is CCCN(CCC)C(=S)NC(=O)c1cccc(I)c1. The van der Waals surface area contributed by atoms with Crippen LogP contribution in [0.4, 0.5) is 0 Å². The minimum Gasteiger partial charge on any atom is -0.349 e. The molecule has 0 saturated carbocycles. The quantitative estimate of drug-likeness (QED) is 0.618. The molecule has 1 amide bonds. The number of halogens is 1. The van der Waals surface area contributed by atoms with Crippen LogP contribution in [0.25, 0.3) is 0 Å². The standard InChI is InChI=1S/C14H19IN2OS/c1-3-8-17(9-4-2)14(19)16-13(18)11-6-5-7-12(15)10-11/h5-7,10H,3-4,8-9H2,1-2H3,(H,16,18,19). The highest BCUT2D eigenvalue weighted by molar-refractivity contribution is 14.1. The zero-order valence-electron chi connectivity index (χ0n) is 11.3. The number of nitrogens with one attached hydrogen (secondary N) is 1. The lowest BCUT2D eigenvalue weighted by Gasteiger charge is -2.24. The minimum absolute atomic E-state index is 0.138. The Bertz CT molecular complexity index is 445. The van der Waals surface area contributed by atoms with Crippen LogP contribution in [0.3, 0.4) is 0 Å². The third-order valence-corrected chi connectivity index (χ3v) is 3.61. The minimum atomic E-state index is -0.138. The topological polar surface area (TPSA) is 32.3 Å². The molecule has 1 aromatic carbocycles. The summed E-state index contributed by atoms with van der Waals surface area (Å²) < 4.78 is 1.04. The molecule has 0 atom stereocenters. The van der Waals surface area contributed by atoms with Crippen molar-refractivity contribution in [2.24, 2.45) is 0 Å². The number of carbonyl (C=O) groups is 1. The van der Waals surface area contributed by atoms with Gasteiger partial charge < -0.3 is 4.90 Å². The van der Waals surface area contributed by atoms with Crippen molar-refractivity contribution in [3.63, 3.8) is 0 Å². The predicted molar refractivity (Wildman–Crippen MR) is 91.4 cm³/mol. The predicted octanol–water partition coefficient (Wildman–Crippen LogP) is 3.43. The van der Waals surface area contributed by atoms with Gasteiger partial charge in [-0.2, -0.15) is 0 Å². The molecule has 0 saturated heterocycles. The van der Waals surface area contributed by atoms with E-state index in [1.807, 2.05) is 23.1 Å². The second-order valence-electron chi connectivity index (χ2n) is 4.26. The first-order valence-electron chi connectivity index (χ1n) is 6.44. The molecule has 0 unspecified atom stereocenters. The number of benzene rings is 1. The third kappa shape index (κ3) is 5.44. The van der Waals surface area contributed by atoms with Gasteiger partial charge in [0.25, 0.3) is 5.91 Å². The molecule has 3 nitrogen and oxygen atoms in total. The molecule has 104 valence electrons. The smallest absolute Gasteiger partial charge is 0.257 e. The first kappa shape index (κ1) is 16.4.